The molecule has 11 nitrogen and oxygen atoms in total. The zero-order valence-electron chi connectivity index (χ0n) is 27.7. The molecule has 46 heavy (non-hydrogen) atoms. The highest BCUT2D eigenvalue weighted by Crippen LogP contribution is 2.25. The van der Waals surface area contributed by atoms with Gasteiger partial charge in [0.15, 0.2) is 0 Å². The van der Waals surface area contributed by atoms with Crippen molar-refractivity contribution in [2.24, 2.45) is 11.7 Å². The molecule has 2 saturated heterocycles. The molecule has 0 saturated carbocycles. The molecule has 3 heterocycles. The number of nitrogens with one attached hydrogen (secondary N) is 3. The van der Waals surface area contributed by atoms with Gasteiger partial charge in [-0.3, -0.25) is 24.0 Å². The van der Waals surface area contributed by atoms with Crippen LogP contribution in [-0.2, 0) is 36.9 Å². The molecule has 4 rings (SSSR count). The van der Waals surface area contributed by atoms with E-state index in [1.165, 1.54) is 0 Å². The molecule has 0 aliphatic carbocycles. The average Bonchev–Trinajstić information content (AvgIpc) is 3.41. The molecule has 2 aliphatic heterocycles. The Balaban J connectivity index is 1.67. The lowest BCUT2D eigenvalue weighted by atomic mass is 9.93. The van der Waals surface area contributed by atoms with Crippen LogP contribution in [0.4, 0.5) is 0 Å². The van der Waals surface area contributed by atoms with Gasteiger partial charge in [0.1, 0.15) is 30.0 Å². The minimum Gasteiger partial charge on any atom is -0.346 e. The lowest BCUT2D eigenvalue weighted by Crippen LogP contribution is -2.64. The summed E-state index contributed by atoms with van der Waals surface area (Å²) in [6.07, 6.45) is 8.33. The maximum absolute atomic E-state index is 14.1. The molecule has 2 fully saturated rings. The van der Waals surface area contributed by atoms with Gasteiger partial charge in [-0.2, -0.15) is 0 Å². The van der Waals surface area contributed by atoms with E-state index in [4.69, 9.17) is 5.73 Å². The molecule has 0 bridgehead atoms. The third-order valence-corrected chi connectivity index (χ3v) is 9.64. The summed E-state index contributed by atoms with van der Waals surface area (Å²) in [6.45, 7) is 7.21. The molecule has 11 heteroatoms. The van der Waals surface area contributed by atoms with E-state index < -0.39 is 36.0 Å². The van der Waals surface area contributed by atoms with Crippen molar-refractivity contribution in [1.29, 1.82) is 0 Å². The second-order valence-corrected chi connectivity index (χ2v) is 12.9. The second kappa shape index (κ2) is 16.7. The van der Waals surface area contributed by atoms with Gasteiger partial charge in [-0.1, -0.05) is 58.2 Å². The van der Waals surface area contributed by atoms with Crippen molar-refractivity contribution in [3.8, 4) is 0 Å². The van der Waals surface area contributed by atoms with Gasteiger partial charge in [-0.15, -0.1) is 0 Å². The number of para-hydroxylation sites is 1. The zero-order valence-corrected chi connectivity index (χ0v) is 27.7. The molecule has 2 aliphatic rings. The molecule has 4 amide bonds. The fourth-order valence-electron chi connectivity index (χ4n) is 6.66. The van der Waals surface area contributed by atoms with Gasteiger partial charge in [-0.25, -0.2) is 0 Å². The van der Waals surface area contributed by atoms with E-state index in [2.05, 4.69) is 16.0 Å². The average molecular weight is 637 g/mol. The maximum atomic E-state index is 14.1. The Hall–Kier alpha value is -3.73. The highest BCUT2D eigenvalue weighted by Gasteiger charge is 2.40. The number of nitrogens with zero attached hydrogens (tertiary/aromatic N) is 2. The number of fused-ring (bicyclic) bond motifs is 2. The molecule has 2 aromatic rings. The summed E-state index contributed by atoms with van der Waals surface area (Å²) < 4.78 is 2.05. The van der Waals surface area contributed by atoms with Crippen LogP contribution in [0.25, 0.3) is 10.9 Å². The number of unbranched alkanes of at least 4 members (excludes halogenated alkanes) is 2. The van der Waals surface area contributed by atoms with E-state index in [9.17, 15) is 24.0 Å². The Morgan fingerprint density at radius 2 is 1.70 bits per heavy atom. The summed E-state index contributed by atoms with van der Waals surface area (Å²) >= 11 is 0. The predicted molar refractivity (Wildman–Crippen MR) is 178 cm³/mol. The van der Waals surface area contributed by atoms with Crippen LogP contribution in [0.2, 0.25) is 0 Å². The van der Waals surface area contributed by atoms with Crippen molar-refractivity contribution in [2.75, 3.05) is 13.1 Å². The summed E-state index contributed by atoms with van der Waals surface area (Å²) in [6, 6.07) is 4.47. The smallest absolute Gasteiger partial charge is 0.246 e. The lowest BCUT2D eigenvalue weighted by Gasteiger charge is -2.39. The number of carbonyl (C=O) groups excluding carboxylic acids is 5. The van der Waals surface area contributed by atoms with E-state index in [1.54, 1.807) is 4.90 Å². The molecule has 5 atom stereocenters. The Morgan fingerprint density at radius 3 is 2.43 bits per heavy atom. The quantitative estimate of drug-likeness (QED) is 0.248. The van der Waals surface area contributed by atoms with Crippen molar-refractivity contribution >= 4 is 40.3 Å². The number of rotatable bonds is 13. The van der Waals surface area contributed by atoms with Gasteiger partial charge < -0.3 is 31.2 Å². The molecule has 0 spiro atoms. The van der Waals surface area contributed by atoms with Crippen molar-refractivity contribution in [1.82, 2.24) is 25.4 Å². The summed E-state index contributed by atoms with van der Waals surface area (Å²) in [4.78, 5) is 69.2. The summed E-state index contributed by atoms with van der Waals surface area (Å²) in [5, 5.41) is 9.89. The van der Waals surface area contributed by atoms with Crippen molar-refractivity contribution in [2.45, 2.75) is 122 Å². The Morgan fingerprint density at radius 1 is 0.957 bits per heavy atom. The monoisotopic (exact) mass is 636 g/mol. The highest BCUT2D eigenvalue weighted by molar-refractivity contribution is 5.98. The predicted octanol–water partition coefficient (Wildman–Crippen LogP) is 2.97. The van der Waals surface area contributed by atoms with Crippen LogP contribution >= 0.6 is 0 Å². The van der Waals surface area contributed by atoms with E-state index in [1.807, 2.05) is 55.8 Å². The van der Waals surface area contributed by atoms with E-state index >= 15 is 0 Å². The topological polar surface area (TPSA) is 156 Å². The van der Waals surface area contributed by atoms with E-state index in [0.717, 1.165) is 42.1 Å². The van der Waals surface area contributed by atoms with Crippen LogP contribution in [0.1, 0.15) is 90.5 Å². The number of nitrogens with two attached hydrogens (primary N) is 1. The van der Waals surface area contributed by atoms with Gasteiger partial charge in [0.05, 0.1) is 0 Å². The number of piperidine rings is 1. The van der Waals surface area contributed by atoms with Crippen LogP contribution in [0.15, 0.2) is 30.5 Å². The minimum absolute atomic E-state index is 0.180. The van der Waals surface area contributed by atoms with Gasteiger partial charge in [0.2, 0.25) is 23.6 Å². The lowest BCUT2D eigenvalue weighted by molar-refractivity contribution is -0.147. The van der Waals surface area contributed by atoms with E-state index in [0.29, 0.717) is 58.2 Å². The largest absolute Gasteiger partial charge is 0.346 e. The van der Waals surface area contributed by atoms with Crippen molar-refractivity contribution in [3.05, 3.63) is 36.0 Å². The number of aromatic nitrogens is 1. The number of carbonyl (C=O) groups is 5. The first-order valence-corrected chi connectivity index (χ1v) is 17.2. The van der Waals surface area contributed by atoms with Crippen molar-refractivity contribution in [3.63, 3.8) is 0 Å². The zero-order chi connectivity index (χ0) is 33.2. The Bertz CT molecular complexity index is 1390. The Labute approximate surface area is 272 Å². The number of benzene rings is 1. The first-order valence-electron chi connectivity index (χ1n) is 17.2. The van der Waals surface area contributed by atoms with Crippen LogP contribution in [0, 0.1) is 5.92 Å². The maximum Gasteiger partial charge on any atom is 0.246 e. The number of amides is 4. The molecule has 1 aromatic heterocycles. The standard InChI is InChI=1S/C35H52N6O5/c1-4-23(3)31-35(46)41-19-12-11-17-30(41)34(45)37-27(15-8-6-7-13-25(42)5-2)32(43)38-28(33(44)39-31)21-24-22-40(20-18-36)29-16-10-9-14-26(24)29/h9-10,14,16,22-23,27-28,30-31H,4-8,11-13,15,17-21,36H2,1-3H3,(H,37,45)(H,38,43)(H,39,44)/t23?,27-,28-,30?,31-/m0/s1. The Kier molecular flexibility index (Phi) is 12.8. The molecule has 0 radical (unpaired) electrons. The molecule has 1 aromatic carbocycles. The van der Waals surface area contributed by atoms with Gasteiger partial charge >= 0.3 is 0 Å². The van der Waals surface area contributed by atoms with E-state index in [-0.39, 0.29) is 29.9 Å². The van der Waals surface area contributed by atoms with Crippen molar-refractivity contribution < 1.29 is 24.0 Å². The fraction of sp³-hybridized carbons (Fsp3) is 0.629. The van der Waals surface area contributed by atoms with Crippen LogP contribution < -0.4 is 21.7 Å². The number of hydrogen-bond donors (Lipinski definition) is 4. The number of Topliss-reactive ketones (excluding diaryl/α,β-unsaturated/α-hetero) is 1. The molecule has 2 unspecified atom stereocenters. The SMILES string of the molecule is CCC(=O)CCCCC[C@@H]1NC(=O)C2CCCCN2C(=O)[C@H](C(C)CC)NC(=O)[C@H](Cc2cn(CCN)c3ccccc23)NC1=O. The summed E-state index contributed by atoms with van der Waals surface area (Å²) in [5.41, 5.74) is 7.74. The van der Waals surface area contributed by atoms with Gasteiger partial charge in [0.25, 0.3) is 0 Å². The molecular weight excluding hydrogens is 584 g/mol. The van der Waals surface area contributed by atoms with Crippen LogP contribution in [-0.4, -0.2) is 76.1 Å². The summed E-state index contributed by atoms with van der Waals surface area (Å²) in [5.74, 6) is -1.44. The van der Waals surface area contributed by atoms with Crippen LogP contribution in [0.3, 0.4) is 0 Å². The number of hydrogen-bond acceptors (Lipinski definition) is 6. The minimum atomic E-state index is -0.984. The molecule has 252 valence electrons. The third-order valence-electron chi connectivity index (χ3n) is 9.64. The summed E-state index contributed by atoms with van der Waals surface area (Å²) in [7, 11) is 0. The first-order chi connectivity index (χ1) is 22.2. The first kappa shape index (κ1) is 35.1. The van der Waals surface area contributed by atoms with Gasteiger partial charge in [-0.05, 0) is 49.7 Å². The fourth-order valence-corrected chi connectivity index (χ4v) is 6.66. The normalized spacial score (nSPS) is 23.5. The second-order valence-electron chi connectivity index (χ2n) is 12.9. The third kappa shape index (κ3) is 8.54. The number of ketones is 1. The molecule has 5 N–H and O–H groups in total. The van der Waals surface area contributed by atoms with Crippen LogP contribution in [0.5, 0.6) is 0 Å². The highest BCUT2D eigenvalue weighted by atomic mass is 16.2. The molecular formula is C35H52N6O5. The van der Waals surface area contributed by atoms with Gasteiger partial charge in [0, 0.05) is 56.0 Å².